The lowest BCUT2D eigenvalue weighted by Crippen LogP contribution is -2.35. The highest BCUT2D eigenvalue weighted by molar-refractivity contribution is 7.89. The third-order valence-corrected chi connectivity index (χ3v) is 5.59. The molecule has 0 saturated heterocycles. The molecule has 8 nitrogen and oxygen atoms in total. The number of nitro groups is 1. The Balaban J connectivity index is 2.46. The summed E-state index contributed by atoms with van der Waals surface area (Å²) in [6, 6.07) is 11.8. The van der Waals surface area contributed by atoms with Gasteiger partial charge in [-0.15, -0.1) is 0 Å². The number of rotatable bonds is 7. The van der Waals surface area contributed by atoms with Crippen LogP contribution in [-0.4, -0.2) is 37.3 Å². The van der Waals surface area contributed by atoms with Gasteiger partial charge in [0.2, 0.25) is 10.0 Å². The summed E-state index contributed by atoms with van der Waals surface area (Å²) in [4.78, 5) is 21.6. The molecule has 0 aromatic heterocycles. The van der Waals surface area contributed by atoms with Gasteiger partial charge in [-0.1, -0.05) is 41.9 Å². The molecule has 26 heavy (non-hydrogen) atoms. The molecule has 0 radical (unpaired) electrons. The van der Waals surface area contributed by atoms with Gasteiger partial charge < -0.3 is 4.74 Å². The van der Waals surface area contributed by atoms with Crippen molar-refractivity contribution < 1.29 is 22.9 Å². The van der Waals surface area contributed by atoms with Crippen LogP contribution in [0.25, 0.3) is 0 Å². The highest BCUT2D eigenvalue weighted by Crippen LogP contribution is 2.29. The van der Waals surface area contributed by atoms with E-state index in [1.807, 2.05) is 0 Å². The number of carbonyl (C=O) groups is 1. The van der Waals surface area contributed by atoms with Gasteiger partial charge in [0.1, 0.15) is 11.6 Å². The fourth-order valence-corrected chi connectivity index (χ4v) is 3.74. The topological polar surface area (TPSA) is 107 Å². The van der Waals surface area contributed by atoms with E-state index in [0.717, 1.165) is 29.6 Å². The molecule has 0 unspecified atom stereocenters. The lowest BCUT2D eigenvalue weighted by Gasteiger charge is -2.21. The quantitative estimate of drug-likeness (QED) is 0.403. The van der Waals surface area contributed by atoms with Gasteiger partial charge in [0.25, 0.3) is 5.69 Å². The Morgan fingerprint density at radius 3 is 2.46 bits per heavy atom. The van der Waals surface area contributed by atoms with Crippen LogP contribution in [0.15, 0.2) is 53.4 Å². The van der Waals surface area contributed by atoms with Crippen molar-refractivity contribution in [2.45, 2.75) is 11.4 Å². The van der Waals surface area contributed by atoms with Crippen molar-refractivity contribution in [3.63, 3.8) is 0 Å². The van der Waals surface area contributed by atoms with Gasteiger partial charge in [-0.2, -0.15) is 4.31 Å². The summed E-state index contributed by atoms with van der Waals surface area (Å²) in [5, 5.41) is 10.8. The van der Waals surface area contributed by atoms with Crippen molar-refractivity contribution >= 4 is 33.3 Å². The summed E-state index contributed by atoms with van der Waals surface area (Å²) in [5.74, 6) is -0.757. The maximum absolute atomic E-state index is 12.9. The zero-order valence-electron chi connectivity index (χ0n) is 13.7. The third-order valence-electron chi connectivity index (χ3n) is 3.49. The summed E-state index contributed by atoms with van der Waals surface area (Å²) in [6.07, 6.45) is 0. The number of methoxy groups -OCH3 is 1. The molecule has 0 saturated carbocycles. The second-order valence-electron chi connectivity index (χ2n) is 5.21. The molecule has 0 bridgehead atoms. The second kappa shape index (κ2) is 8.26. The van der Waals surface area contributed by atoms with Gasteiger partial charge >= 0.3 is 5.97 Å². The summed E-state index contributed by atoms with van der Waals surface area (Å²) < 4.78 is 31.3. The minimum Gasteiger partial charge on any atom is -0.468 e. The Labute approximate surface area is 155 Å². The first-order chi connectivity index (χ1) is 12.3. The van der Waals surface area contributed by atoms with Crippen molar-refractivity contribution in [1.82, 2.24) is 4.31 Å². The van der Waals surface area contributed by atoms with Crippen LogP contribution in [0.5, 0.6) is 0 Å². The van der Waals surface area contributed by atoms with Gasteiger partial charge in [0.15, 0.2) is 0 Å². The Bertz CT molecular complexity index is 918. The Morgan fingerprint density at radius 2 is 1.88 bits per heavy atom. The predicted octanol–water partition coefficient (Wildman–Crippen LogP) is 2.61. The molecule has 0 N–H and O–H groups in total. The van der Waals surface area contributed by atoms with Crippen LogP contribution >= 0.6 is 11.6 Å². The first kappa shape index (κ1) is 19.8. The third kappa shape index (κ3) is 4.57. The first-order valence-corrected chi connectivity index (χ1v) is 9.12. The fraction of sp³-hybridized carbons (Fsp3) is 0.188. The van der Waals surface area contributed by atoms with Gasteiger partial charge in [-0.3, -0.25) is 14.9 Å². The van der Waals surface area contributed by atoms with Gasteiger partial charge in [-0.25, -0.2) is 8.42 Å². The molecule has 0 spiro atoms. The number of sulfonamides is 1. The van der Waals surface area contributed by atoms with E-state index < -0.39 is 33.1 Å². The number of carbonyl (C=O) groups excluding carboxylic acids is 1. The molecular formula is C16H15ClN2O6S. The first-order valence-electron chi connectivity index (χ1n) is 7.30. The Hall–Kier alpha value is -2.49. The number of hydrogen-bond acceptors (Lipinski definition) is 6. The van der Waals surface area contributed by atoms with Crippen LogP contribution in [0.1, 0.15) is 5.56 Å². The zero-order valence-corrected chi connectivity index (χ0v) is 15.2. The number of halogens is 1. The molecule has 0 atom stereocenters. The lowest BCUT2D eigenvalue weighted by atomic mass is 10.2. The fourth-order valence-electron chi connectivity index (χ4n) is 2.16. The number of nitrogens with zero attached hydrogens (tertiary/aromatic N) is 2. The molecule has 0 fully saturated rings. The van der Waals surface area contributed by atoms with Crippen LogP contribution in [0, 0.1) is 10.1 Å². The monoisotopic (exact) mass is 398 g/mol. The van der Waals surface area contributed by atoms with Gasteiger partial charge in [0, 0.05) is 12.6 Å². The Morgan fingerprint density at radius 1 is 1.23 bits per heavy atom. The SMILES string of the molecule is COC(=O)CN(Cc1ccccc1)S(=O)(=O)c1ccc(Cl)c([N+](=O)[O-])c1. The van der Waals surface area contributed by atoms with E-state index in [-0.39, 0.29) is 16.5 Å². The van der Waals surface area contributed by atoms with E-state index in [1.165, 1.54) is 0 Å². The number of hydrogen-bond donors (Lipinski definition) is 0. The summed E-state index contributed by atoms with van der Waals surface area (Å²) in [5.41, 5.74) is 0.105. The molecule has 0 aliphatic rings. The zero-order chi connectivity index (χ0) is 19.3. The molecule has 10 heteroatoms. The normalized spacial score (nSPS) is 11.3. The minimum absolute atomic E-state index is 0.102. The molecule has 2 aromatic carbocycles. The van der Waals surface area contributed by atoms with Crippen LogP contribution in [-0.2, 0) is 26.1 Å². The van der Waals surface area contributed by atoms with E-state index in [9.17, 15) is 23.3 Å². The van der Waals surface area contributed by atoms with Crippen molar-refractivity contribution in [1.29, 1.82) is 0 Å². The highest BCUT2D eigenvalue weighted by Gasteiger charge is 2.29. The van der Waals surface area contributed by atoms with Crippen LogP contribution < -0.4 is 0 Å². The smallest absolute Gasteiger partial charge is 0.321 e. The number of ether oxygens (including phenoxy) is 1. The molecule has 2 rings (SSSR count). The minimum atomic E-state index is -4.21. The predicted molar refractivity (Wildman–Crippen MR) is 94.2 cm³/mol. The van der Waals surface area contributed by atoms with E-state index in [2.05, 4.69) is 4.74 Å². The molecule has 0 aliphatic heterocycles. The highest BCUT2D eigenvalue weighted by atomic mass is 35.5. The number of nitro benzene ring substituents is 1. The molecule has 0 heterocycles. The van der Waals surface area contributed by atoms with Crippen molar-refractivity contribution in [3.05, 3.63) is 69.2 Å². The van der Waals surface area contributed by atoms with E-state index in [4.69, 9.17) is 11.6 Å². The average Bonchev–Trinajstić information content (AvgIpc) is 2.61. The maximum atomic E-state index is 12.9. The summed E-state index contributed by atoms with van der Waals surface area (Å²) in [7, 11) is -3.07. The molecule has 0 amide bonds. The van der Waals surface area contributed by atoms with Crippen molar-refractivity contribution in [3.8, 4) is 0 Å². The molecular weight excluding hydrogens is 384 g/mol. The number of benzene rings is 2. The van der Waals surface area contributed by atoms with Gasteiger partial charge in [0.05, 0.1) is 16.9 Å². The second-order valence-corrected chi connectivity index (χ2v) is 7.55. The van der Waals surface area contributed by atoms with Crippen LogP contribution in [0.3, 0.4) is 0 Å². The van der Waals surface area contributed by atoms with Crippen LogP contribution in [0.2, 0.25) is 5.02 Å². The molecule has 138 valence electrons. The Kier molecular flexibility index (Phi) is 6.30. The summed E-state index contributed by atoms with van der Waals surface area (Å²) in [6.45, 7) is -0.640. The maximum Gasteiger partial charge on any atom is 0.321 e. The number of esters is 1. The van der Waals surface area contributed by atoms with E-state index in [1.54, 1.807) is 30.3 Å². The lowest BCUT2D eigenvalue weighted by molar-refractivity contribution is -0.384. The molecule has 0 aliphatic carbocycles. The largest absolute Gasteiger partial charge is 0.468 e. The summed E-state index contributed by atoms with van der Waals surface area (Å²) >= 11 is 5.73. The van der Waals surface area contributed by atoms with E-state index >= 15 is 0 Å². The van der Waals surface area contributed by atoms with Crippen molar-refractivity contribution in [2.24, 2.45) is 0 Å². The standard InChI is InChI=1S/C16H15ClN2O6S/c1-25-16(20)11-18(10-12-5-3-2-4-6-12)26(23,24)13-7-8-14(17)15(9-13)19(21)22/h2-9H,10-11H2,1H3. The van der Waals surface area contributed by atoms with Gasteiger partial charge in [-0.05, 0) is 17.7 Å². The average molecular weight is 399 g/mol. The molecule has 2 aromatic rings. The van der Waals surface area contributed by atoms with E-state index in [0.29, 0.717) is 5.56 Å². The van der Waals surface area contributed by atoms with Crippen molar-refractivity contribution in [2.75, 3.05) is 13.7 Å². The van der Waals surface area contributed by atoms with Crippen LogP contribution in [0.4, 0.5) is 5.69 Å².